The van der Waals surface area contributed by atoms with Crippen molar-refractivity contribution in [2.45, 2.75) is 0 Å². The van der Waals surface area contributed by atoms with Crippen LogP contribution in [-0.4, -0.2) is 12.7 Å². The average molecular weight is 245 g/mol. The molecule has 0 amide bonds. The second kappa shape index (κ2) is 2.19. The van der Waals surface area contributed by atoms with Gasteiger partial charge >= 0.3 is 0 Å². The molecule has 0 aliphatic heterocycles. The third-order valence-electron chi connectivity index (χ3n) is 1.28. The molecule has 4 heteroatoms. The Bertz CT molecular complexity index is 355. The first-order chi connectivity index (χ1) is 4.88. The van der Waals surface area contributed by atoms with Crippen LogP contribution >= 0.6 is 22.9 Å². The molecule has 0 aliphatic rings. The van der Waals surface area contributed by atoms with Crippen molar-refractivity contribution < 1.29 is 0 Å². The van der Waals surface area contributed by atoms with Gasteiger partial charge < -0.3 is 0 Å². The van der Waals surface area contributed by atoms with Crippen LogP contribution in [0.4, 0.5) is 0 Å². The summed E-state index contributed by atoms with van der Waals surface area (Å²) in [4.78, 5) is 8.13. The first-order valence-electron chi connectivity index (χ1n) is 2.82. The highest BCUT2D eigenvalue weighted by Crippen LogP contribution is 2.10. The second-order valence-electron chi connectivity index (χ2n) is 1.90. The van der Waals surface area contributed by atoms with Gasteiger partial charge in [-0.15, -0.1) is 0 Å². The van der Waals surface area contributed by atoms with E-state index in [1.165, 1.54) is 0 Å². The van der Waals surface area contributed by atoms with Crippen molar-refractivity contribution in [2.75, 3.05) is 0 Å². The molecule has 50 valence electrons. The van der Waals surface area contributed by atoms with E-state index in [1.807, 2.05) is 14.9 Å². The highest BCUT2D eigenvalue weighted by Gasteiger charge is 1.96. The summed E-state index contributed by atoms with van der Waals surface area (Å²) in [5.74, 6) is 0. The molecule has 3 nitrogen and oxygen atoms in total. The minimum atomic E-state index is 0.803. The van der Waals surface area contributed by atoms with Crippen LogP contribution in [0.5, 0.6) is 0 Å². The molecule has 0 fully saturated rings. The fraction of sp³-hybridized carbons (Fsp3) is 0. The van der Waals surface area contributed by atoms with E-state index in [0.717, 1.165) is 11.2 Å². The van der Waals surface area contributed by atoms with Crippen LogP contribution in [-0.2, 0) is 0 Å². The number of nitrogens with zero attached hydrogens (tertiary/aromatic N) is 3. The normalized spacial score (nSPS) is 10.5. The molecule has 0 atom stereocenters. The highest BCUT2D eigenvalue weighted by atomic mass is 127. The Balaban J connectivity index is 2.93. The molecule has 0 saturated carbocycles. The Morgan fingerprint density at radius 3 is 3.10 bits per heavy atom. The van der Waals surface area contributed by atoms with Crippen molar-refractivity contribution in [2.24, 2.45) is 0 Å². The monoisotopic (exact) mass is 245 g/mol. The van der Waals surface area contributed by atoms with Crippen LogP contribution in [0, 0.1) is 0 Å². The fourth-order valence-electron chi connectivity index (χ4n) is 0.822. The van der Waals surface area contributed by atoms with Gasteiger partial charge in [0.1, 0.15) is 6.33 Å². The largest absolute Gasteiger partial charge is 0.269 e. The lowest BCUT2D eigenvalue weighted by molar-refractivity contribution is 1.29. The van der Waals surface area contributed by atoms with Gasteiger partial charge in [-0.25, -0.2) is 9.97 Å². The summed E-state index contributed by atoms with van der Waals surface area (Å²) in [6.45, 7) is 0. The molecule has 2 rings (SSSR count). The van der Waals surface area contributed by atoms with E-state index in [-0.39, 0.29) is 0 Å². The van der Waals surface area contributed by atoms with E-state index in [4.69, 9.17) is 0 Å². The van der Waals surface area contributed by atoms with Crippen molar-refractivity contribution in [1.82, 2.24) is 12.7 Å². The van der Waals surface area contributed by atoms with Gasteiger partial charge in [-0.05, 0) is 12.1 Å². The standard InChI is InChI=1S/C6H4IN3/c7-10-4-9-6-5(10)2-1-3-8-6/h1-4H. The minimum Gasteiger partial charge on any atom is -0.269 e. The maximum atomic E-state index is 4.07. The third-order valence-corrected chi connectivity index (χ3v) is 2.05. The molecule has 0 bridgehead atoms. The van der Waals surface area contributed by atoms with E-state index in [0.29, 0.717) is 0 Å². The lowest BCUT2D eigenvalue weighted by Gasteiger charge is -1.86. The quantitative estimate of drug-likeness (QED) is 0.660. The lowest BCUT2D eigenvalue weighted by Crippen LogP contribution is -1.75. The average Bonchev–Trinajstić information content (AvgIpc) is 2.34. The molecular formula is C6H4IN3. The maximum absolute atomic E-state index is 4.07. The number of fused-ring (bicyclic) bond motifs is 1. The zero-order valence-corrected chi connectivity index (χ0v) is 7.19. The zero-order chi connectivity index (χ0) is 6.97. The summed E-state index contributed by atoms with van der Waals surface area (Å²) >= 11 is 2.17. The Morgan fingerprint density at radius 1 is 1.40 bits per heavy atom. The van der Waals surface area contributed by atoms with Gasteiger partial charge in [0.05, 0.1) is 28.4 Å². The van der Waals surface area contributed by atoms with E-state index < -0.39 is 0 Å². The molecule has 0 aliphatic carbocycles. The molecular weight excluding hydrogens is 241 g/mol. The van der Waals surface area contributed by atoms with E-state index in [2.05, 4.69) is 32.8 Å². The van der Waals surface area contributed by atoms with Crippen molar-refractivity contribution >= 4 is 34.0 Å². The first kappa shape index (κ1) is 6.09. The van der Waals surface area contributed by atoms with Crippen molar-refractivity contribution in [1.29, 1.82) is 0 Å². The number of hydrogen-bond acceptors (Lipinski definition) is 2. The summed E-state index contributed by atoms with van der Waals surface area (Å²) in [6, 6.07) is 3.89. The molecule has 2 heterocycles. The van der Waals surface area contributed by atoms with Crippen molar-refractivity contribution in [3.63, 3.8) is 0 Å². The van der Waals surface area contributed by atoms with Gasteiger partial charge in [0.2, 0.25) is 0 Å². The SMILES string of the molecule is In1cnc2ncccc21. The number of hydrogen-bond donors (Lipinski definition) is 0. The highest BCUT2D eigenvalue weighted by molar-refractivity contribution is 14.1. The van der Waals surface area contributed by atoms with Gasteiger partial charge in [0.25, 0.3) is 0 Å². The number of aromatic nitrogens is 3. The molecule has 0 radical (unpaired) electrons. The Labute approximate surface area is 71.6 Å². The molecule has 0 aromatic carbocycles. The molecule has 0 saturated heterocycles. The molecule has 2 aromatic rings. The Morgan fingerprint density at radius 2 is 2.30 bits per heavy atom. The fourth-order valence-corrected chi connectivity index (χ4v) is 1.32. The second-order valence-corrected chi connectivity index (χ2v) is 2.94. The zero-order valence-electron chi connectivity index (χ0n) is 5.03. The van der Waals surface area contributed by atoms with Crippen LogP contribution in [0.15, 0.2) is 24.7 Å². The van der Waals surface area contributed by atoms with Crippen LogP contribution in [0.2, 0.25) is 0 Å². The molecule has 10 heavy (non-hydrogen) atoms. The first-order valence-corrected chi connectivity index (χ1v) is 3.78. The van der Waals surface area contributed by atoms with Gasteiger partial charge in [0.15, 0.2) is 5.65 Å². The summed E-state index contributed by atoms with van der Waals surface area (Å²) in [7, 11) is 0. The summed E-state index contributed by atoms with van der Waals surface area (Å²) in [5, 5.41) is 0. The van der Waals surface area contributed by atoms with E-state index >= 15 is 0 Å². The van der Waals surface area contributed by atoms with Crippen LogP contribution in [0.25, 0.3) is 11.2 Å². The van der Waals surface area contributed by atoms with E-state index in [1.54, 1.807) is 12.5 Å². The predicted molar refractivity (Wildman–Crippen MR) is 46.9 cm³/mol. The Hall–Kier alpha value is -0.650. The van der Waals surface area contributed by atoms with Gasteiger partial charge in [-0.2, -0.15) is 0 Å². The lowest BCUT2D eigenvalue weighted by atomic mass is 10.4. The topological polar surface area (TPSA) is 30.7 Å². The van der Waals surface area contributed by atoms with Crippen LogP contribution in [0.1, 0.15) is 0 Å². The van der Waals surface area contributed by atoms with Gasteiger partial charge in [0, 0.05) is 6.20 Å². The van der Waals surface area contributed by atoms with E-state index in [9.17, 15) is 0 Å². The number of halogens is 1. The third kappa shape index (κ3) is 0.792. The van der Waals surface area contributed by atoms with Crippen molar-refractivity contribution in [3.8, 4) is 0 Å². The summed E-state index contributed by atoms with van der Waals surface area (Å²) < 4.78 is 1.92. The Kier molecular flexibility index (Phi) is 1.33. The van der Waals surface area contributed by atoms with Crippen LogP contribution in [0.3, 0.4) is 0 Å². The number of pyridine rings is 1. The van der Waals surface area contributed by atoms with Gasteiger partial charge in [-0.3, -0.25) is 2.78 Å². The number of imidazole rings is 1. The smallest absolute Gasteiger partial charge is 0.178 e. The number of rotatable bonds is 0. The summed E-state index contributed by atoms with van der Waals surface area (Å²) in [6.07, 6.45) is 3.49. The molecule has 0 unspecified atom stereocenters. The van der Waals surface area contributed by atoms with Crippen molar-refractivity contribution in [3.05, 3.63) is 24.7 Å². The molecule has 0 spiro atoms. The summed E-state index contributed by atoms with van der Waals surface area (Å²) in [5.41, 5.74) is 1.86. The maximum Gasteiger partial charge on any atom is 0.178 e. The predicted octanol–water partition coefficient (Wildman–Crippen LogP) is 1.63. The molecule has 2 aromatic heterocycles. The van der Waals surface area contributed by atoms with Crippen LogP contribution < -0.4 is 0 Å². The minimum absolute atomic E-state index is 0.803. The van der Waals surface area contributed by atoms with Gasteiger partial charge in [-0.1, -0.05) is 0 Å². The molecule has 0 N–H and O–H groups in total.